The third-order valence-electron chi connectivity index (χ3n) is 5.67. The van der Waals surface area contributed by atoms with Gasteiger partial charge in [0.15, 0.2) is 0 Å². The van der Waals surface area contributed by atoms with Crippen molar-refractivity contribution in [3.8, 4) is 0 Å². The SMILES string of the molecule is CCNC(=O)[C@]1(Cc2ccccc2)C[C@@H]2CC[C@H]1N2C(=O)CNC(C)=O. The molecule has 0 radical (unpaired) electrons. The normalized spacial score (nSPS) is 26.6. The number of carbonyl (C=O) groups is 3. The highest BCUT2D eigenvalue weighted by atomic mass is 16.2. The molecule has 1 aromatic rings. The zero-order valence-corrected chi connectivity index (χ0v) is 15.5. The van der Waals surface area contributed by atoms with Gasteiger partial charge in [-0.15, -0.1) is 0 Å². The first-order chi connectivity index (χ1) is 12.5. The molecule has 0 unspecified atom stereocenters. The Kier molecular flexibility index (Phi) is 5.30. The van der Waals surface area contributed by atoms with Crippen LogP contribution in [0.1, 0.15) is 38.7 Å². The number of hydrogen-bond acceptors (Lipinski definition) is 3. The summed E-state index contributed by atoms with van der Waals surface area (Å²) < 4.78 is 0. The lowest BCUT2D eigenvalue weighted by Crippen LogP contribution is -2.52. The Morgan fingerprint density at radius 1 is 1.15 bits per heavy atom. The van der Waals surface area contributed by atoms with Crippen molar-refractivity contribution in [3.05, 3.63) is 35.9 Å². The Morgan fingerprint density at radius 3 is 2.54 bits per heavy atom. The largest absolute Gasteiger partial charge is 0.356 e. The van der Waals surface area contributed by atoms with E-state index in [-0.39, 0.29) is 36.3 Å². The molecule has 0 aliphatic carbocycles. The Hall–Kier alpha value is -2.37. The lowest BCUT2D eigenvalue weighted by Gasteiger charge is -2.36. The van der Waals surface area contributed by atoms with Gasteiger partial charge in [-0.25, -0.2) is 0 Å². The fourth-order valence-electron chi connectivity index (χ4n) is 4.66. The second kappa shape index (κ2) is 7.48. The van der Waals surface area contributed by atoms with Crippen LogP contribution in [0.15, 0.2) is 30.3 Å². The number of benzene rings is 1. The van der Waals surface area contributed by atoms with Gasteiger partial charge in [-0.1, -0.05) is 30.3 Å². The molecule has 2 aliphatic rings. The molecule has 2 fully saturated rings. The van der Waals surface area contributed by atoms with E-state index in [9.17, 15) is 14.4 Å². The lowest BCUT2D eigenvalue weighted by atomic mass is 9.69. The van der Waals surface area contributed by atoms with Crippen LogP contribution in [0.2, 0.25) is 0 Å². The van der Waals surface area contributed by atoms with Crippen molar-refractivity contribution in [3.63, 3.8) is 0 Å². The van der Waals surface area contributed by atoms with Gasteiger partial charge in [0.05, 0.1) is 12.0 Å². The molecule has 3 rings (SSSR count). The van der Waals surface area contributed by atoms with Crippen molar-refractivity contribution in [2.24, 2.45) is 5.41 Å². The van der Waals surface area contributed by atoms with Crippen LogP contribution in [-0.4, -0.2) is 47.8 Å². The lowest BCUT2D eigenvalue weighted by molar-refractivity contribution is -0.137. The predicted molar refractivity (Wildman–Crippen MR) is 98.2 cm³/mol. The van der Waals surface area contributed by atoms with E-state index >= 15 is 0 Å². The van der Waals surface area contributed by atoms with Crippen molar-refractivity contribution in [2.45, 2.75) is 51.6 Å². The molecule has 26 heavy (non-hydrogen) atoms. The summed E-state index contributed by atoms with van der Waals surface area (Å²) in [7, 11) is 0. The summed E-state index contributed by atoms with van der Waals surface area (Å²) in [5.41, 5.74) is 0.521. The number of amides is 3. The van der Waals surface area contributed by atoms with Crippen LogP contribution in [0.5, 0.6) is 0 Å². The number of carbonyl (C=O) groups excluding carboxylic acids is 3. The third kappa shape index (κ3) is 3.32. The Bertz CT molecular complexity index is 691. The molecule has 0 aromatic heterocycles. The van der Waals surface area contributed by atoms with Crippen LogP contribution in [0, 0.1) is 5.41 Å². The average molecular weight is 357 g/mol. The first-order valence-corrected chi connectivity index (χ1v) is 9.35. The molecule has 0 spiro atoms. The van der Waals surface area contributed by atoms with Gasteiger partial charge in [-0.3, -0.25) is 14.4 Å². The highest BCUT2D eigenvalue weighted by Crippen LogP contribution is 2.51. The minimum atomic E-state index is -0.591. The van der Waals surface area contributed by atoms with E-state index in [1.54, 1.807) is 0 Å². The monoisotopic (exact) mass is 357 g/mol. The highest BCUT2D eigenvalue weighted by Gasteiger charge is 2.60. The number of hydrogen-bond donors (Lipinski definition) is 2. The predicted octanol–water partition coefficient (Wildman–Crippen LogP) is 1.25. The zero-order chi connectivity index (χ0) is 18.7. The Morgan fingerprint density at radius 2 is 1.88 bits per heavy atom. The highest BCUT2D eigenvalue weighted by molar-refractivity contribution is 5.89. The molecule has 2 aliphatic heterocycles. The number of nitrogens with zero attached hydrogens (tertiary/aromatic N) is 1. The molecule has 6 heteroatoms. The van der Waals surface area contributed by atoms with Crippen LogP contribution in [-0.2, 0) is 20.8 Å². The summed E-state index contributed by atoms with van der Waals surface area (Å²) in [5.74, 6) is -0.274. The van der Waals surface area contributed by atoms with Gasteiger partial charge >= 0.3 is 0 Å². The summed E-state index contributed by atoms with van der Waals surface area (Å²) in [4.78, 5) is 38.8. The zero-order valence-electron chi connectivity index (χ0n) is 15.5. The topological polar surface area (TPSA) is 78.5 Å². The van der Waals surface area contributed by atoms with Crippen molar-refractivity contribution in [1.82, 2.24) is 15.5 Å². The molecule has 0 saturated carbocycles. The maximum Gasteiger partial charge on any atom is 0.242 e. The van der Waals surface area contributed by atoms with E-state index in [1.807, 2.05) is 42.2 Å². The van der Waals surface area contributed by atoms with Gasteiger partial charge in [0.2, 0.25) is 17.7 Å². The minimum Gasteiger partial charge on any atom is -0.356 e. The van der Waals surface area contributed by atoms with E-state index < -0.39 is 5.41 Å². The van der Waals surface area contributed by atoms with Gasteiger partial charge in [-0.2, -0.15) is 0 Å². The fraction of sp³-hybridized carbons (Fsp3) is 0.550. The summed E-state index contributed by atoms with van der Waals surface area (Å²) in [6.45, 7) is 3.90. The van der Waals surface area contributed by atoms with Crippen LogP contribution < -0.4 is 10.6 Å². The van der Waals surface area contributed by atoms with Crippen molar-refractivity contribution in [2.75, 3.05) is 13.1 Å². The maximum atomic E-state index is 13.1. The van der Waals surface area contributed by atoms with Crippen molar-refractivity contribution in [1.29, 1.82) is 0 Å². The van der Waals surface area contributed by atoms with E-state index in [0.29, 0.717) is 19.4 Å². The van der Waals surface area contributed by atoms with Crippen LogP contribution in [0.4, 0.5) is 0 Å². The number of fused-ring (bicyclic) bond motifs is 2. The molecule has 3 amide bonds. The van der Waals surface area contributed by atoms with Crippen LogP contribution in [0.25, 0.3) is 0 Å². The molecule has 2 N–H and O–H groups in total. The second-order valence-corrected chi connectivity index (χ2v) is 7.34. The van der Waals surface area contributed by atoms with Crippen molar-refractivity contribution < 1.29 is 14.4 Å². The smallest absolute Gasteiger partial charge is 0.242 e. The van der Waals surface area contributed by atoms with Gasteiger partial charge in [-0.05, 0) is 38.2 Å². The van der Waals surface area contributed by atoms with E-state index in [1.165, 1.54) is 6.92 Å². The first-order valence-electron chi connectivity index (χ1n) is 9.35. The molecule has 2 saturated heterocycles. The van der Waals surface area contributed by atoms with Gasteiger partial charge < -0.3 is 15.5 Å². The number of rotatable bonds is 6. The molecule has 140 valence electrons. The molecular weight excluding hydrogens is 330 g/mol. The second-order valence-electron chi connectivity index (χ2n) is 7.34. The summed E-state index contributed by atoms with van der Waals surface area (Å²) >= 11 is 0. The Balaban J connectivity index is 1.87. The molecule has 3 atom stereocenters. The summed E-state index contributed by atoms with van der Waals surface area (Å²) in [6, 6.07) is 9.97. The summed E-state index contributed by atoms with van der Waals surface area (Å²) in [6.07, 6.45) is 3.07. The van der Waals surface area contributed by atoms with E-state index in [0.717, 1.165) is 18.4 Å². The van der Waals surface area contributed by atoms with E-state index in [4.69, 9.17) is 0 Å². The Labute approximate surface area is 154 Å². The maximum absolute atomic E-state index is 13.1. The standard InChI is InChI=1S/C20H27N3O3/c1-3-21-19(26)20(11-15-7-5-4-6-8-15)12-16-9-10-17(20)23(16)18(25)13-22-14(2)24/h4-8,16-17H,3,9-13H2,1-2H3,(H,21,26)(H,22,24)/t16-,17+,20+/m0/s1. The van der Waals surface area contributed by atoms with Gasteiger partial charge in [0.25, 0.3) is 0 Å². The first kappa shape index (κ1) is 18.4. The minimum absolute atomic E-state index is 0.000846. The van der Waals surface area contributed by atoms with Gasteiger partial charge in [0, 0.05) is 25.6 Å². The third-order valence-corrected chi connectivity index (χ3v) is 5.67. The average Bonchev–Trinajstić information content (AvgIpc) is 3.17. The molecular formula is C20H27N3O3. The quantitative estimate of drug-likeness (QED) is 0.804. The summed E-state index contributed by atoms with van der Waals surface area (Å²) in [5, 5.41) is 5.59. The molecule has 1 aromatic carbocycles. The number of nitrogens with one attached hydrogen (secondary N) is 2. The molecule has 6 nitrogen and oxygen atoms in total. The van der Waals surface area contributed by atoms with Crippen molar-refractivity contribution >= 4 is 17.7 Å². The van der Waals surface area contributed by atoms with E-state index in [2.05, 4.69) is 10.6 Å². The van der Waals surface area contributed by atoms with Gasteiger partial charge in [0.1, 0.15) is 0 Å². The van der Waals surface area contributed by atoms with Crippen LogP contribution in [0.3, 0.4) is 0 Å². The van der Waals surface area contributed by atoms with Crippen LogP contribution >= 0.6 is 0 Å². The molecule has 2 bridgehead atoms. The molecule has 2 heterocycles. The fourth-order valence-corrected chi connectivity index (χ4v) is 4.66.